The fourth-order valence-electron chi connectivity index (χ4n) is 4.23. The largest absolute Gasteiger partial charge is 0.334 e. The Labute approximate surface area is 191 Å². The molecular weight excluding hydrogens is 430 g/mol. The van der Waals surface area contributed by atoms with Crippen LogP contribution in [-0.2, 0) is 22.7 Å². The Bertz CT molecular complexity index is 1110. The Morgan fingerprint density at radius 3 is 2.81 bits per heavy atom. The lowest BCUT2D eigenvalue weighted by Gasteiger charge is -2.25. The fourth-order valence-corrected chi connectivity index (χ4v) is 4.41. The maximum Gasteiger partial charge on any atom is 0.319 e. The van der Waals surface area contributed by atoms with Crippen LogP contribution in [0.5, 0.6) is 0 Å². The van der Waals surface area contributed by atoms with Crippen molar-refractivity contribution in [1.29, 1.82) is 0 Å². The Morgan fingerprint density at radius 1 is 1.19 bits per heavy atom. The number of carbonyl (C=O) groups is 4. The number of anilines is 1. The Morgan fingerprint density at radius 2 is 2.00 bits per heavy atom. The second kappa shape index (κ2) is 9.12. The van der Waals surface area contributed by atoms with Crippen molar-refractivity contribution in [2.45, 2.75) is 51.7 Å². The predicted octanol–water partition coefficient (Wildman–Crippen LogP) is 4.01. The zero-order chi connectivity index (χ0) is 22.8. The van der Waals surface area contributed by atoms with Crippen molar-refractivity contribution in [2.75, 3.05) is 5.32 Å². The minimum absolute atomic E-state index is 0.0544. The molecule has 1 fully saturated rings. The number of ketones is 2. The summed E-state index contributed by atoms with van der Waals surface area (Å²) in [6.45, 7) is 2.44. The first-order valence-electron chi connectivity index (χ1n) is 10.6. The quantitative estimate of drug-likeness (QED) is 0.540. The number of urea groups is 1. The summed E-state index contributed by atoms with van der Waals surface area (Å²) >= 11 is 6.09. The molecule has 0 radical (unpaired) electrons. The molecule has 2 aromatic rings. The van der Waals surface area contributed by atoms with Crippen molar-refractivity contribution < 1.29 is 19.2 Å². The third kappa shape index (κ3) is 4.53. The van der Waals surface area contributed by atoms with E-state index in [1.807, 2.05) is 13.0 Å². The normalized spacial score (nSPS) is 18.4. The number of nitrogens with zero attached hydrogens (tertiary/aromatic N) is 1. The van der Waals surface area contributed by atoms with Crippen LogP contribution in [0.3, 0.4) is 0 Å². The maximum atomic E-state index is 12.9. The average molecular weight is 454 g/mol. The summed E-state index contributed by atoms with van der Waals surface area (Å²) in [7, 11) is 0. The van der Waals surface area contributed by atoms with Gasteiger partial charge in [-0.2, -0.15) is 0 Å². The predicted molar refractivity (Wildman–Crippen MR) is 121 cm³/mol. The summed E-state index contributed by atoms with van der Waals surface area (Å²) < 4.78 is 0. The van der Waals surface area contributed by atoms with Crippen LogP contribution < -0.4 is 10.6 Å². The molecule has 1 unspecified atom stereocenters. The number of benzene rings is 2. The Hall–Kier alpha value is -3.19. The minimum Gasteiger partial charge on any atom is -0.334 e. The smallest absolute Gasteiger partial charge is 0.319 e. The van der Waals surface area contributed by atoms with Gasteiger partial charge in [0.2, 0.25) is 0 Å². The highest BCUT2D eigenvalue weighted by atomic mass is 35.5. The molecule has 8 heteroatoms. The van der Waals surface area contributed by atoms with Gasteiger partial charge in [-0.1, -0.05) is 29.8 Å². The van der Waals surface area contributed by atoms with Crippen LogP contribution in [0.1, 0.15) is 52.7 Å². The number of amides is 3. The summed E-state index contributed by atoms with van der Waals surface area (Å²) in [5, 5.41) is 6.17. The molecule has 2 aliphatic rings. The van der Waals surface area contributed by atoms with E-state index in [0.717, 1.165) is 16.7 Å². The van der Waals surface area contributed by atoms with E-state index in [1.165, 1.54) is 0 Å². The number of Topliss-reactive ketones (excluding diaryl/α,β-unsaturated/α-hetero) is 2. The molecular formula is C24H24ClN3O4. The van der Waals surface area contributed by atoms with Gasteiger partial charge in [0.25, 0.3) is 5.91 Å². The van der Waals surface area contributed by atoms with Gasteiger partial charge < -0.3 is 15.5 Å². The second-order valence-electron chi connectivity index (χ2n) is 8.23. The molecule has 1 atom stereocenters. The summed E-state index contributed by atoms with van der Waals surface area (Å²) in [6, 6.07) is 9.81. The lowest BCUT2D eigenvalue weighted by Crippen LogP contribution is -2.41. The molecule has 1 aliphatic carbocycles. The fraction of sp³-hybridized carbons (Fsp3) is 0.333. The molecule has 4 rings (SSSR count). The third-order valence-corrected chi connectivity index (χ3v) is 6.43. The van der Waals surface area contributed by atoms with Gasteiger partial charge in [0.05, 0.1) is 12.5 Å². The molecule has 1 aliphatic heterocycles. The molecule has 0 spiro atoms. The molecule has 0 bridgehead atoms. The number of halogens is 1. The standard InChI is InChI=1S/C24H24ClN3O4/c1-14-19(25)5-3-6-20(14)27-24(32)26-12-15-8-9-18-16(10-15)13-28(23(18)31)21-7-2-4-17(29)11-22(21)30/h3,5-6,8-10,21H,2,4,7,11-13H2,1H3,(H2,26,27,32). The van der Waals surface area contributed by atoms with Gasteiger partial charge in [0.15, 0.2) is 5.78 Å². The van der Waals surface area contributed by atoms with Crippen LogP contribution >= 0.6 is 11.6 Å². The number of carbonyl (C=O) groups excluding carboxylic acids is 4. The van der Waals surface area contributed by atoms with Crippen LogP contribution in [0, 0.1) is 6.92 Å². The lowest BCUT2D eigenvalue weighted by molar-refractivity contribution is -0.128. The Kier molecular flexibility index (Phi) is 6.28. The first-order chi connectivity index (χ1) is 15.3. The third-order valence-electron chi connectivity index (χ3n) is 6.02. The lowest BCUT2D eigenvalue weighted by atomic mass is 10.1. The zero-order valence-electron chi connectivity index (χ0n) is 17.7. The highest BCUT2D eigenvalue weighted by molar-refractivity contribution is 6.31. The Balaban J connectivity index is 1.40. The number of fused-ring (bicyclic) bond motifs is 1. The maximum absolute atomic E-state index is 12.9. The van der Waals surface area contributed by atoms with Crippen molar-refractivity contribution in [2.24, 2.45) is 0 Å². The molecule has 3 amide bonds. The molecule has 0 saturated heterocycles. The second-order valence-corrected chi connectivity index (χ2v) is 8.64. The van der Waals surface area contributed by atoms with Gasteiger partial charge in [-0.25, -0.2) is 4.79 Å². The van der Waals surface area contributed by atoms with E-state index < -0.39 is 6.04 Å². The highest BCUT2D eigenvalue weighted by Gasteiger charge is 2.37. The van der Waals surface area contributed by atoms with E-state index >= 15 is 0 Å². The SMILES string of the molecule is Cc1c(Cl)cccc1NC(=O)NCc1ccc2c(c1)CN(C1CCCC(=O)CC1=O)C2=O. The molecule has 1 heterocycles. The topological polar surface area (TPSA) is 95.6 Å². The van der Waals surface area contributed by atoms with Crippen LogP contribution in [0.4, 0.5) is 10.5 Å². The molecule has 166 valence electrons. The van der Waals surface area contributed by atoms with Crippen molar-refractivity contribution >= 4 is 40.8 Å². The number of hydrogen-bond donors (Lipinski definition) is 2. The monoisotopic (exact) mass is 453 g/mol. The van der Waals surface area contributed by atoms with Crippen molar-refractivity contribution in [1.82, 2.24) is 10.2 Å². The van der Waals surface area contributed by atoms with E-state index in [2.05, 4.69) is 10.6 Å². The van der Waals surface area contributed by atoms with Gasteiger partial charge in [0.1, 0.15) is 5.78 Å². The molecule has 7 nitrogen and oxygen atoms in total. The van der Waals surface area contributed by atoms with Gasteiger partial charge in [-0.05, 0) is 54.7 Å². The molecule has 0 aromatic heterocycles. The van der Waals surface area contributed by atoms with Gasteiger partial charge in [-0.3, -0.25) is 14.4 Å². The van der Waals surface area contributed by atoms with E-state index in [0.29, 0.717) is 42.1 Å². The van der Waals surface area contributed by atoms with E-state index in [1.54, 1.807) is 35.2 Å². The summed E-state index contributed by atoms with van der Waals surface area (Å²) in [4.78, 5) is 50.9. The molecule has 32 heavy (non-hydrogen) atoms. The van der Waals surface area contributed by atoms with Crippen LogP contribution in [-0.4, -0.2) is 34.4 Å². The van der Waals surface area contributed by atoms with Crippen molar-refractivity contribution in [3.63, 3.8) is 0 Å². The summed E-state index contributed by atoms with van der Waals surface area (Å²) in [6.07, 6.45) is 1.43. The van der Waals surface area contributed by atoms with Crippen LogP contribution in [0.2, 0.25) is 5.02 Å². The van der Waals surface area contributed by atoms with E-state index in [-0.39, 0.29) is 36.5 Å². The molecule has 1 saturated carbocycles. The number of hydrogen-bond acceptors (Lipinski definition) is 4. The van der Waals surface area contributed by atoms with E-state index in [4.69, 9.17) is 11.6 Å². The van der Waals surface area contributed by atoms with Gasteiger partial charge in [0, 0.05) is 35.8 Å². The first-order valence-corrected chi connectivity index (χ1v) is 11.0. The highest BCUT2D eigenvalue weighted by Crippen LogP contribution is 2.29. The summed E-state index contributed by atoms with van der Waals surface area (Å²) in [5.74, 6) is -0.411. The van der Waals surface area contributed by atoms with E-state index in [9.17, 15) is 19.2 Å². The number of nitrogens with one attached hydrogen (secondary N) is 2. The number of rotatable bonds is 4. The molecule has 2 N–H and O–H groups in total. The van der Waals surface area contributed by atoms with Gasteiger partial charge in [-0.15, -0.1) is 0 Å². The summed E-state index contributed by atoms with van der Waals surface area (Å²) in [5.41, 5.74) is 3.66. The first kappa shape index (κ1) is 22.0. The van der Waals surface area contributed by atoms with Crippen molar-refractivity contribution in [3.05, 3.63) is 63.7 Å². The zero-order valence-corrected chi connectivity index (χ0v) is 18.5. The van der Waals surface area contributed by atoms with Crippen LogP contribution in [0.25, 0.3) is 0 Å². The van der Waals surface area contributed by atoms with Gasteiger partial charge >= 0.3 is 6.03 Å². The minimum atomic E-state index is -0.547. The average Bonchev–Trinajstić information content (AvgIpc) is 2.97. The molecule has 2 aromatic carbocycles. The van der Waals surface area contributed by atoms with Crippen molar-refractivity contribution in [3.8, 4) is 0 Å². The van der Waals surface area contributed by atoms with Crippen LogP contribution in [0.15, 0.2) is 36.4 Å².